The van der Waals surface area contributed by atoms with Gasteiger partial charge in [-0.1, -0.05) is 39.8 Å². The molecule has 1 heterocycles. The van der Waals surface area contributed by atoms with Crippen molar-refractivity contribution >= 4 is 33.7 Å². The average molecular weight is 311 g/mol. The molecule has 4 N–H and O–H groups in total. The number of fused-ring (bicyclic) bond motifs is 3. The van der Waals surface area contributed by atoms with Crippen LogP contribution in [0, 0.1) is 0 Å². The summed E-state index contributed by atoms with van der Waals surface area (Å²) in [4.78, 5) is 0. The first-order valence-corrected chi connectivity index (χ1v) is 8.17. The lowest BCUT2D eigenvalue weighted by Crippen LogP contribution is -1.91. The maximum absolute atomic E-state index is 9.86. The highest BCUT2D eigenvalue weighted by molar-refractivity contribution is 6.15. The molecule has 2 aromatic rings. The minimum atomic E-state index is 0.297. The summed E-state index contributed by atoms with van der Waals surface area (Å²) in [6.07, 6.45) is 2.44. The van der Waals surface area contributed by atoms with Crippen molar-refractivity contribution in [3.63, 3.8) is 0 Å². The molecule has 0 fully saturated rings. The van der Waals surface area contributed by atoms with E-state index in [1.807, 2.05) is 45.9 Å². The van der Waals surface area contributed by atoms with Gasteiger partial charge in [0.15, 0.2) is 0 Å². The Labute approximate surface area is 133 Å². The van der Waals surface area contributed by atoms with Gasteiger partial charge in [-0.05, 0) is 18.1 Å². The highest BCUT2D eigenvalue weighted by atomic mass is 35.5. The number of phenolic OH excluding ortho intramolecular Hbond substituents is 1. The summed E-state index contributed by atoms with van der Waals surface area (Å²) in [7, 11) is 0. The lowest BCUT2D eigenvalue weighted by molar-refractivity contribution is 0.482. The Bertz CT molecular complexity index is 556. The van der Waals surface area contributed by atoms with Gasteiger partial charge < -0.3 is 16.2 Å². The normalized spacial score (nSPS) is 10.8. The molecular formula is C17H27ClN2O. The van der Waals surface area contributed by atoms with Crippen LogP contribution in [-0.4, -0.2) is 18.0 Å². The minimum Gasteiger partial charge on any atom is -0.507 e. The monoisotopic (exact) mass is 310 g/mol. The number of phenols is 1. The molecule has 3 rings (SSSR count). The number of nitrogen functional groups attached to an aromatic ring is 1. The van der Waals surface area contributed by atoms with Crippen molar-refractivity contribution in [3.8, 4) is 5.75 Å². The number of benzene rings is 2. The topological polar surface area (TPSA) is 58.3 Å². The number of halogens is 1. The van der Waals surface area contributed by atoms with E-state index in [1.54, 1.807) is 6.07 Å². The predicted octanol–water partition coefficient (Wildman–Crippen LogP) is 5.00. The fourth-order valence-electron chi connectivity index (χ4n) is 2.30. The Hall–Kier alpha value is -1.61. The Morgan fingerprint density at radius 1 is 1.14 bits per heavy atom. The van der Waals surface area contributed by atoms with Crippen molar-refractivity contribution in [1.82, 2.24) is 0 Å². The summed E-state index contributed by atoms with van der Waals surface area (Å²) in [5.41, 5.74) is 8.93. The van der Waals surface area contributed by atoms with Gasteiger partial charge >= 0.3 is 0 Å². The first-order chi connectivity index (χ1) is 10.3. The van der Waals surface area contributed by atoms with Crippen LogP contribution < -0.4 is 11.1 Å². The molecule has 0 atom stereocenters. The number of nitrogens with one attached hydrogen (secondary N) is 1. The molecule has 0 saturated carbocycles. The standard InChI is InChI=1S/C12H12N2O.2C2H6.CH3Cl/c13-9-3-1-2-8-11(15)6-10-7(12(8)9)4-5-14-10;3*1-2/h1-3,6,14-15H,4-5,13H2;2*1-2H3;1H3. The molecular weight excluding hydrogens is 284 g/mol. The van der Waals surface area contributed by atoms with Gasteiger partial charge in [-0.25, -0.2) is 0 Å². The zero-order chi connectivity index (χ0) is 16.4. The lowest BCUT2D eigenvalue weighted by Gasteiger charge is -2.09. The van der Waals surface area contributed by atoms with Gasteiger partial charge in [0.25, 0.3) is 0 Å². The van der Waals surface area contributed by atoms with Crippen LogP contribution in [0.25, 0.3) is 10.8 Å². The molecule has 0 spiro atoms. The van der Waals surface area contributed by atoms with Gasteiger partial charge in [-0.3, -0.25) is 0 Å². The van der Waals surface area contributed by atoms with Crippen LogP contribution >= 0.6 is 11.6 Å². The fourth-order valence-corrected chi connectivity index (χ4v) is 2.30. The van der Waals surface area contributed by atoms with Crippen LogP contribution in [0.5, 0.6) is 5.75 Å². The number of hydrogen-bond acceptors (Lipinski definition) is 3. The number of anilines is 2. The Kier molecular flexibility index (Phi) is 9.39. The summed E-state index contributed by atoms with van der Waals surface area (Å²) in [5.74, 6) is 0.297. The third kappa shape index (κ3) is 4.18. The average Bonchev–Trinajstić information content (AvgIpc) is 3.01. The molecule has 0 unspecified atom stereocenters. The van der Waals surface area contributed by atoms with Crippen molar-refractivity contribution in [3.05, 3.63) is 29.8 Å². The molecule has 0 amide bonds. The number of rotatable bonds is 0. The van der Waals surface area contributed by atoms with E-state index in [0.717, 1.165) is 35.1 Å². The molecule has 3 nitrogen and oxygen atoms in total. The van der Waals surface area contributed by atoms with Gasteiger partial charge in [0, 0.05) is 41.1 Å². The maximum atomic E-state index is 9.86. The van der Waals surface area contributed by atoms with Crippen LogP contribution in [0.4, 0.5) is 11.4 Å². The van der Waals surface area contributed by atoms with Crippen molar-refractivity contribution < 1.29 is 5.11 Å². The van der Waals surface area contributed by atoms with E-state index >= 15 is 0 Å². The van der Waals surface area contributed by atoms with E-state index in [-0.39, 0.29) is 0 Å². The van der Waals surface area contributed by atoms with Gasteiger partial charge in [-0.2, -0.15) is 0 Å². The third-order valence-corrected chi connectivity index (χ3v) is 2.97. The Morgan fingerprint density at radius 2 is 1.76 bits per heavy atom. The summed E-state index contributed by atoms with van der Waals surface area (Å²) in [6.45, 7) is 8.92. The second kappa shape index (κ2) is 10.2. The number of nitrogens with two attached hydrogens (primary N) is 1. The number of aromatic hydroxyl groups is 1. The minimum absolute atomic E-state index is 0.297. The molecule has 0 bridgehead atoms. The molecule has 0 aliphatic carbocycles. The quantitative estimate of drug-likeness (QED) is 0.474. The Morgan fingerprint density at radius 3 is 2.38 bits per heavy atom. The van der Waals surface area contributed by atoms with Gasteiger partial charge in [0.1, 0.15) is 5.75 Å². The molecule has 21 heavy (non-hydrogen) atoms. The first-order valence-electron chi connectivity index (χ1n) is 7.42. The molecule has 0 saturated heterocycles. The fraction of sp³-hybridized carbons (Fsp3) is 0.412. The smallest absolute Gasteiger partial charge is 0.125 e. The van der Waals surface area contributed by atoms with Crippen LogP contribution in [-0.2, 0) is 6.42 Å². The van der Waals surface area contributed by atoms with E-state index < -0.39 is 0 Å². The number of alkyl halides is 1. The van der Waals surface area contributed by atoms with E-state index in [4.69, 9.17) is 5.73 Å². The first kappa shape index (κ1) is 19.4. The van der Waals surface area contributed by atoms with E-state index in [1.165, 1.54) is 11.9 Å². The van der Waals surface area contributed by atoms with Gasteiger partial charge in [0.2, 0.25) is 0 Å². The largest absolute Gasteiger partial charge is 0.507 e. The van der Waals surface area contributed by atoms with Crippen LogP contribution in [0.15, 0.2) is 24.3 Å². The van der Waals surface area contributed by atoms with Crippen LogP contribution in [0.2, 0.25) is 0 Å². The zero-order valence-corrected chi connectivity index (χ0v) is 14.4. The molecule has 2 aromatic carbocycles. The molecule has 4 heteroatoms. The van der Waals surface area contributed by atoms with Crippen molar-refractivity contribution in [2.45, 2.75) is 34.1 Å². The second-order valence-corrected chi connectivity index (χ2v) is 3.87. The van der Waals surface area contributed by atoms with Crippen LogP contribution in [0.3, 0.4) is 0 Å². The highest BCUT2D eigenvalue weighted by Crippen LogP contribution is 2.39. The summed E-state index contributed by atoms with van der Waals surface area (Å²) in [6, 6.07) is 7.43. The molecule has 1 aliphatic heterocycles. The SMILES string of the molecule is CC.CC.CCl.Nc1cccc2c(O)cc3c(c12)CCN3. The van der Waals surface area contributed by atoms with Crippen molar-refractivity contribution in [2.24, 2.45) is 0 Å². The summed E-state index contributed by atoms with van der Waals surface area (Å²) < 4.78 is 0. The third-order valence-electron chi connectivity index (χ3n) is 2.97. The lowest BCUT2D eigenvalue weighted by atomic mass is 10.00. The number of hydrogen-bond donors (Lipinski definition) is 3. The molecule has 0 radical (unpaired) electrons. The summed E-state index contributed by atoms with van der Waals surface area (Å²) in [5, 5.41) is 15.0. The molecule has 0 aromatic heterocycles. The van der Waals surface area contributed by atoms with Crippen molar-refractivity contribution in [1.29, 1.82) is 0 Å². The summed E-state index contributed by atoms with van der Waals surface area (Å²) >= 11 is 4.64. The van der Waals surface area contributed by atoms with Crippen LogP contribution in [0.1, 0.15) is 33.3 Å². The van der Waals surface area contributed by atoms with Gasteiger partial charge in [-0.15, -0.1) is 11.6 Å². The molecule has 1 aliphatic rings. The van der Waals surface area contributed by atoms with E-state index in [2.05, 4.69) is 16.9 Å². The highest BCUT2D eigenvalue weighted by Gasteiger charge is 2.17. The van der Waals surface area contributed by atoms with E-state index in [9.17, 15) is 5.11 Å². The zero-order valence-electron chi connectivity index (χ0n) is 13.6. The van der Waals surface area contributed by atoms with E-state index in [0.29, 0.717) is 5.75 Å². The predicted molar refractivity (Wildman–Crippen MR) is 96.7 cm³/mol. The Balaban J connectivity index is 0.000000598. The second-order valence-electron chi connectivity index (χ2n) is 3.87. The van der Waals surface area contributed by atoms with Crippen molar-refractivity contribution in [2.75, 3.05) is 24.0 Å². The maximum Gasteiger partial charge on any atom is 0.125 e. The molecule has 118 valence electrons. The van der Waals surface area contributed by atoms with Gasteiger partial charge in [0.05, 0.1) is 0 Å².